The number of hydrogen-bond acceptors (Lipinski definition) is 5. The molecule has 0 aliphatic rings. The topological polar surface area (TPSA) is 89.3 Å². The molecule has 2 aromatic carbocycles. The molecule has 1 N–H and O–H groups in total. The zero-order valence-electron chi connectivity index (χ0n) is 16.4. The van der Waals surface area contributed by atoms with Crippen molar-refractivity contribution in [1.29, 1.82) is 0 Å². The maximum absolute atomic E-state index is 12.2. The fraction of sp³-hybridized carbons (Fsp3) is 0.158. The molecule has 0 atom stereocenters. The molecule has 6 nitrogen and oxygen atoms in total. The largest absolute Gasteiger partial charge is 1.00 e. The number of carbonyl (C=O) groups is 1. The first-order chi connectivity index (χ1) is 12.4. The normalized spacial score (nSPS) is 10.9. The summed E-state index contributed by atoms with van der Waals surface area (Å²) >= 11 is 0. The maximum atomic E-state index is 12.2. The van der Waals surface area contributed by atoms with E-state index in [0.717, 1.165) is 16.7 Å². The van der Waals surface area contributed by atoms with Gasteiger partial charge in [-0.05, 0) is 24.6 Å². The van der Waals surface area contributed by atoms with Gasteiger partial charge >= 0.3 is 29.6 Å². The van der Waals surface area contributed by atoms with Crippen LogP contribution in [0.3, 0.4) is 0 Å². The van der Waals surface area contributed by atoms with E-state index in [4.69, 9.17) is 4.52 Å². The number of rotatable bonds is 5. The summed E-state index contributed by atoms with van der Waals surface area (Å²) < 4.78 is 31.8. The van der Waals surface area contributed by atoms with Crippen LogP contribution < -0.4 is 34.3 Å². The van der Waals surface area contributed by atoms with Gasteiger partial charge in [0.05, 0.1) is 10.5 Å². The number of nitrogens with one attached hydrogen (secondary N) is 1. The van der Waals surface area contributed by atoms with Gasteiger partial charge in [0.2, 0.25) is 5.91 Å². The fourth-order valence-electron chi connectivity index (χ4n) is 2.59. The van der Waals surface area contributed by atoms with Crippen LogP contribution in [0.25, 0.3) is 22.4 Å². The predicted molar refractivity (Wildman–Crippen MR) is 98.8 cm³/mol. The van der Waals surface area contributed by atoms with E-state index in [0.29, 0.717) is 11.5 Å². The van der Waals surface area contributed by atoms with Crippen molar-refractivity contribution in [3.8, 4) is 22.4 Å². The maximum Gasteiger partial charge on any atom is 1.00 e. The monoisotopic (exact) mass is 394 g/mol. The molecule has 0 bridgehead atoms. The first-order valence-electron chi connectivity index (χ1n) is 8.10. The summed E-state index contributed by atoms with van der Waals surface area (Å²) in [5.74, 6) is 0.0917. The molecule has 0 radical (unpaired) electrons. The van der Waals surface area contributed by atoms with Gasteiger partial charge in [0.25, 0.3) is 10.0 Å². The van der Waals surface area contributed by atoms with Gasteiger partial charge in [0.15, 0.2) is 0 Å². The molecule has 27 heavy (non-hydrogen) atoms. The molecule has 0 aliphatic heterocycles. The number of aromatic nitrogens is 1. The molecule has 1 heterocycles. The van der Waals surface area contributed by atoms with Crippen molar-refractivity contribution in [3.05, 3.63) is 60.4 Å². The zero-order chi connectivity index (χ0) is 18.7. The molecule has 0 aliphatic carbocycles. The Hall–Kier alpha value is -1.93. The van der Waals surface area contributed by atoms with Gasteiger partial charge in [-0.2, -0.15) is 0 Å². The number of benzene rings is 2. The summed E-state index contributed by atoms with van der Waals surface area (Å²) in [7, 11) is -3.87. The van der Waals surface area contributed by atoms with Gasteiger partial charge in [-0.1, -0.05) is 54.5 Å². The molecule has 3 aromatic rings. The second kappa shape index (κ2) is 8.84. The molecule has 0 fully saturated rings. The molecule has 1 amide bonds. The average Bonchev–Trinajstić information content (AvgIpc) is 3.03. The second-order valence-electron chi connectivity index (χ2n) is 5.73. The molecule has 0 spiro atoms. The van der Waals surface area contributed by atoms with E-state index in [-0.39, 0.29) is 42.3 Å². The van der Waals surface area contributed by atoms with E-state index in [2.05, 4.69) is 5.16 Å². The minimum Gasteiger partial charge on any atom is -1.00 e. The van der Waals surface area contributed by atoms with Crippen LogP contribution in [0.4, 0.5) is 0 Å². The predicted octanol–water partition coefficient (Wildman–Crippen LogP) is 0.648. The van der Waals surface area contributed by atoms with Crippen LogP contribution in [-0.2, 0) is 14.8 Å². The van der Waals surface area contributed by atoms with Crippen molar-refractivity contribution in [3.63, 3.8) is 0 Å². The van der Waals surface area contributed by atoms with Gasteiger partial charge in [-0.15, -0.1) is 0 Å². The van der Waals surface area contributed by atoms with E-state index in [9.17, 15) is 13.2 Å². The van der Waals surface area contributed by atoms with E-state index < -0.39 is 15.9 Å². The number of amides is 1. The number of hydrogen-bond donors (Lipinski definition) is 1. The average molecular weight is 394 g/mol. The van der Waals surface area contributed by atoms with Crippen molar-refractivity contribution in [2.24, 2.45) is 0 Å². The fourth-order valence-corrected chi connectivity index (χ4v) is 3.64. The Bertz CT molecular complexity index is 1040. The Kier molecular flexibility index (Phi) is 7.00. The molecule has 3 rings (SSSR count). The van der Waals surface area contributed by atoms with Crippen LogP contribution >= 0.6 is 0 Å². The van der Waals surface area contributed by atoms with E-state index in [1.54, 1.807) is 26.0 Å². The van der Waals surface area contributed by atoms with E-state index in [1.165, 1.54) is 12.1 Å². The Morgan fingerprint density at radius 1 is 1.07 bits per heavy atom. The molecule has 0 saturated carbocycles. The summed E-state index contributed by atoms with van der Waals surface area (Å²) in [5.41, 5.74) is 3.19. The molecule has 8 heteroatoms. The Morgan fingerprint density at radius 3 is 2.30 bits per heavy atom. The Balaban J connectivity index is 0.00000196. The van der Waals surface area contributed by atoms with Gasteiger partial charge in [-0.3, -0.25) is 4.79 Å². The first-order valence-corrected chi connectivity index (χ1v) is 9.58. The summed E-state index contributed by atoms with van der Waals surface area (Å²) in [4.78, 5) is 11.4. The van der Waals surface area contributed by atoms with Crippen LogP contribution in [0.5, 0.6) is 0 Å². The molecule has 1 aromatic heterocycles. The molecule has 0 saturated heterocycles. The summed E-state index contributed by atoms with van der Waals surface area (Å²) in [6.07, 6.45) is 0.0949. The van der Waals surface area contributed by atoms with Crippen LogP contribution in [0.2, 0.25) is 0 Å². The molecule has 0 unspecified atom stereocenters. The minimum absolute atomic E-state index is 0. The first kappa shape index (κ1) is 21.4. The summed E-state index contributed by atoms with van der Waals surface area (Å²) in [6.45, 7) is 3.40. The van der Waals surface area contributed by atoms with Gasteiger partial charge in [0, 0.05) is 12.0 Å². The van der Waals surface area contributed by atoms with Crippen LogP contribution in [0, 0.1) is 6.92 Å². The van der Waals surface area contributed by atoms with E-state index >= 15 is 0 Å². The quantitative estimate of drug-likeness (QED) is 0.642. The van der Waals surface area contributed by atoms with Crippen LogP contribution in [-0.4, -0.2) is 19.5 Å². The SMILES string of the molecule is CCC(=O)NS(=O)(=O)c1ccc(-c2c(-c3ccccc3)noc2C)cc1.[H-].[Na+]. The van der Waals surface area contributed by atoms with Gasteiger partial charge < -0.3 is 5.95 Å². The van der Waals surface area contributed by atoms with Crippen LogP contribution in [0.15, 0.2) is 64.0 Å². The summed E-state index contributed by atoms with van der Waals surface area (Å²) in [5, 5.41) is 4.13. The number of sulfonamides is 1. The van der Waals surface area contributed by atoms with Crippen LogP contribution in [0.1, 0.15) is 20.5 Å². The van der Waals surface area contributed by atoms with Crippen molar-refractivity contribution < 1.29 is 48.7 Å². The van der Waals surface area contributed by atoms with Crippen molar-refractivity contribution in [2.75, 3.05) is 0 Å². The molecule has 136 valence electrons. The molecular formula is C19H19N2NaO4S. The van der Waals surface area contributed by atoms with Crippen molar-refractivity contribution >= 4 is 15.9 Å². The van der Waals surface area contributed by atoms with Gasteiger partial charge in [-0.25, -0.2) is 13.1 Å². The third kappa shape index (κ3) is 4.68. The van der Waals surface area contributed by atoms with Crippen molar-refractivity contribution in [2.45, 2.75) is 25.2 Å². The second-order valence-corrected chi connectivity index (χ2v) is 7.42. The van der Waals surface area contributed by atoms with Crippen molar-refractivity contribution in [1.82, 2.24) is 9.88 Å². The smallest absolute Gasteiger partial charge is 1.00 e. The number of aryl methyl sites for hydroxylation is 1. The summed E-state index contributed by atoms with van der Waals surface area (Å²) in [6, 6.07) is 15.9. The molecular weight excluding hydrogens is 375 g/mol. The third-order valence-electron chi connectivity index (χ3n) is 3.93. The third-order valence-corrected chi connectivity index (χ3v) is 5.32. The number of carbonyl (C=O) groups excluding carboxylic acids is 1. The zero-order valence-corrected chi connectivity index (χ0v) is 18.2. The minimum atomic E-state index is -3.87. The Labute approximate surface area is 181 Å². The van der Waals surface area contributed by atoms with Gasteiger partial charge in [0.1, 0.15) is 11.5 Å². The Morgan fingerprint density at radius 2 is 1.70 bits per heavy atom. The van der Waals surface area contributed by atoms with E-state index in [1.807, 2.05) is 35.1 Å². The number of nitrogens with zero attached hydrogens (tertiary/aromatic N) is 1. The standard InChI is InChI=1S/C19H18N2O4S.Na.H/c1-3-17(22)21-26(23,24)16-11-9-14(10-12-16)18-13(2)25-20-19(18)15-7-5-4-6-8-15;;/h4-12H,3H2,1-2H3,(H,21,22);;/q;+1;-1.